The maximum Gasteiger partial charge on any atom is 0.426 e. The van der Waals surface area contributed by atoms with Crippen LogP contribution in [-0.2, 0) is 4.74 Å². The first-order valence-electron chi connectivity index (χ1n) is 11.4. The maximum atomic E-state index is 14.1. The second kappa shape index (κ2) is 6.77. The van der Waals surface area contributed by atoms with Gasteiger partial charge in [0.1, 0.15) is 0 Å². The van der Waals surface area contributed by atoms with E-state index in [-0.39, 0.29) is 5.92 Å². The molecule has 7 heteroatoms. The average molecular weight is 424 g/mol. The Bertz CT molecular complexity index is 608. The van der Waals surface area contributed by atoms with E-state index in [4.69, 9.17) is 4.74 Å². The van der Waals surface area contributed by atoms with Crippen molar-refractivity contribution in [1.82, 2.24) is 0 Å². The van der Waals surface area contributed by atoms with Gasteiger partial charge in [0.15, 0.2) is 0 Å². The highest BCUT2D eigenvalue weighted by atomic mass is 19.4. The molecular formula is C22H30F6O. The van der Waals surface area contributed by atoms with Crippen molar-refractivity contribution in [3.8, 4) is 0 Å². The molecule has 5 aliphatic carbocycles. The quantitative estimate of drug-likeness (QED) is 0.352. The van der Waals surface area contributed by atoms with Crippen LogP contribution in [0.15, 0.2) is 0 Å². The third-order valence-corrected chi connectivity index (χ3v) is 9.26. The monoisotopic (exact) mass is 424 g/mol. The summed E-state index contributed by atoms with van der Waals surface area (Å²) < 4.78 is 89.7. The normalized spacial score (nSPS) is 42.6. The Kier molecular flexibility index (Phi) is 4.77. The highest BCUT2D eigenvalue weighted by molar-refractivity contribution is 5.12. The van der Waals surface area contributed by atoms with Gasteiger partial charge in [0.25, 0.3) is 5.60 Å². The molecule has 1 nitrogen and oxygen atoms in total. The molecule has 0 aromatic heterocycles. The Balaban J connectivity index is 1.41. The van der Waals surface area contributed by atoms with Crippen LogP contribution < -0.4 is 0 Å². The zero-order chi connectivity index (χ0) is 20.6. The Hall–Kier alpha value is -0.460. The summed E-state index contributed by atoms with van der Waals surface area (Å²) in [5.41, 5.74) is -4.01. The number of fused-ring (bicyclic) bond motifs is 9. The van der Waals surface area contributed by atoms with Gasteiger partial charge in [0.2, 0.25) is 0 Å². The van der Waals surface area contributed by atoms with Crippen LogP contribution in [0.1, 0.15) is 70.6 Å². The van der Waals surface area contributed by atoms with Crippen molar-refractivity contribution in [2.75, 3.05) is 0 Å². The molecule has 0 amide bonds. The minimum absolute atomic E-state index is 0.0272. The molecule has 0 radical (unpaired) electrons. The summed E-state index contributed by atoms with van der Waals surface area (Å²) in [5.74, 6) is 1.99. The summed E-state index contributed by atoms with van der Waals surface area (Å²) in [4.78, 5) is 0. The van der Waals surface area contributed by atoms with Crippen molar-refractivity contribution in [2.24, 2.45) is 41.4 Å². The summed E-state index contributed by atoms with van der Waals surface area (Å²) >= 11 is 0. The van der Waals surface area contributed by atoms with Crippen LogP contribution in [0.2, 0.25) is 0 Å². The van der Waals surface area contributed by atoms with Gasteiger partial charge in [0, 0.05) is 0 Å². The van der Waals surface area contributed by atoms with Gasteiger partial charge in [-0.25, -0.2) is 0 Å². The average Bonchev–Trinajstić information content (AvgIpc) is 3.39. The standard InChI is InChI=1S/C22H30F6O/c23-21(24,25)20(22(26,27)28,29-16-4-2-1-3-5-16)11-15-9-14-10-17(15)19-13-7-6-12(8-13)18(14)19/h12-19H,1-11H2. The van der Waals surface area contributed by atoms with E-state index in [9.17, 15) is 26.3 Å². The van der Waals surface area contributed by atoms with Crippen molar-refractivity contribution >= 4 is 0 Å². The van der Waals surface area contributed by atoms with E-state index in [0.29, 0.717) is 61.7 Å². The number of halogens is 6. The molecule has 5 fully saturated rings. The van der Waals surface area contributed by atoms with Gasteiger partial charge in [-0.2, -0.15) is 26.3 Å². The molecular weight excluding hydrogens is 394 g/mol. The first kappa shape index (κ1) is 20.4. The van der Waals surface area contributed by atoms with Crippen molar-refractivity contribution in [3.63, 3.8) is 0 Å². The highest BCUT2D eigenvalue weighted by Crippen LogP contribution is 2.70. The molecule has 29 heavy (non-hydrogen) atoms. The molecule has 5 aliphatic rings. The molecule has 166 valence electrons. The zero-order valence-electron chi connectivity index (χ0n) is 16.6. The molecule has 0 aromatic rings. The van der Waals surface area contributed by atoms with Crippen LogP contribution in [0.3, 0.4) is 0 Å². The van der Waals surface area contributed by atoms with E-state index in [1.54, 1.807) is 0 Å². The highest BCUT2D eigenvalue weighted by Gasteiger charge is 2.74. The predicted molar refractivity (Wildman–Crippen MR) is 94.9 cm³/mol. The van der Waals surface area contributed by atoms with Crippen molar-refractivity contribution in [2.45, 2.75) is 94.7 Å². The number of hydrogen-bond donors (Lipinski definition) is 0. The van der Waals surface area contributed by atoms with Gasteiger partial charge in [-0.15, -0.1) is 0 Å². The first-order valence-corrected chi connectivity index (χ1v) is 11.4. The Morgan fingerprint density at radius 3 is 1.90 bits per heavy atom. The van der Waals surface area contributed by atoms with Gasteiger partial charge in [-0.1, -0.05) is 19.3 Å². The van der Waals surface area contributed by atoms with Gasteiger partial charge in [-0.05, 0) is 92.8 Å². The van der Waals surface area contributed by atoms with Gasteiger partial charge >= 0.3 is 12.4 Å². The molecule has 0 heterocycles. The summed E-state index contributed by atoms with van der Waals surface area (Å²) in [7, 11) is 0. The fraction of sp³-hybridized carbons (Fsp3) is 1.00. The van der Waals surface area contributed by atoms with Crippen LogP contribution in [0, 0.1) is 41.4 Å². The summed E-state index contributed by atoms with van der Waals surface area (Å²) in [6.45, 7) is 0. The van der Waals surface area contributed by atoms with E-state index in [0.717, 1.165) is 25.7 Å². The van der Waals surface area contributed by atoms with Crippen LogP contribution in [0.4, 0.5) is 26.3 Å². The Labute approximate surface area is 167 Å². The summed E-state index contributed by atoms with van der Waals surface area (Å²) in [6, 6.07) is 0. The Morgan fingerprint density at radius 1 is 0.655 bits per heavy atom. The molecule has 0 spiro atoms. The number of alkyl halides is 6. The van der Waals surface area contributed by atoms with E-state index in [2.05, 4.69) is 0 Å². The lowest BCUT2D eigenvalue weighted by atomic mass is 9.65. The maximum absolute atomic E-state index is 14.1. The SMILES string of the molecule is FC(F)(F)C(CC1CC2CC1C1C3CCC(C3)C21)(OC1CCCCC1)C(F)(F)F. The minimum Gasteiger partial charge on any atom is -0.355 e. The molecule has 7 atom stereocenters. The number of hydrogen-bond acceptors (Lipinski definition) is 1. The van der Waals surface area contributed by atoms with E-state index in [1.807, 2.05) is 0 Å². The summed E-state index contributed by atoms with van der Waals surface area (Å²) in [5, 5.41) is 0. The molecule has 7 unspecified atom stereocenters. The molecule has 0 aliphatic heterocycles. The number of ether oxygens (including phenoxy) is 1. The second-order valence-electron chi connectivity index (χ2n) is 10.5. The molecule has 4 bridgehead atoms. The molecule has 0 saturated heterocycles. The van der Waals surface area contributed by atoms with Crippen molar-refractivity contribution in [1.29, 1.82) is 0 Å². The number of rotatable bonds is 4. The first-order chi connectivity index (χ1) is 13.6. The van der Waals surface area contributed by atoms with Gasteiger partial charge in [0.05, 0.1) is 6.10 Å². The van der Waals surface area contributed by atoms with Crippen LogP contribution in [0.25, 0.3) is 0 Å². The van der Waals surface area contributed by atoms with E-state index >= 15 is 0 Å². The van der Waals surface area contributed by atoms with E-state index < -0.39 is 36.4 Å². The van der Waals surface area contributed by atoms with Gasteiger partial charge in [-0.3, -0.25) is 0 Å². The van der Waals surface area contributed by atoms with E-state index in [1.165, 1.54) is 6.42 Å². The lowest BCUT2D eigenvalue weighted by Crippen LogP contribution is -2.61. The van der Waals surface area contributed by atoms with Crippen LogP contribution in [-0.4, -0.2) is 24.1 Å². The van der Waals surface area contributed by atoms with Crippen molar-refractivity contribution in [3.05, 3.63) is 0 Å². The smallest absolute Gasteiger partial charge is 0.355 e. The van der Waals surface area contributed by atoms with Crippen LogP contribution >= 0.6 is 0 Å². The minimum atomic E-state index is -5.45. The second-order valence-corrected chi connectivity index (χ2v) is 10.5. The largest absolute Gasteiger partial charge is 0.426 e. The lowest BCUT2D eigenvalue weighted by Gasteiger charge is -2.45. The summed E-state index contributed by atoms with van der Waals surface area (Å²) in [6.07, 6.45) is -5.23. The Morgan fingerprint density at radius 2 is 1.28 bits per heavy atom. The predicted octanol–water partition coefficient (Wildman–Crippen LogP) is 6.91. The van der Waals surface area contributed by atoms with Gasteiger partial charge < -0.3 is 4.74 Å². The third kappa shape index (κ3) is 3.07. The zero-order valence-corrected chi connectivity index (χ0v) is 16.6. The third-order valence-electron chi connectivity index (χ3n) is 9.26. The molecule has 5 rings (SSSR count). The van der Waals surface area contributed by atoms with Crippen LogP contribution in [0.5, 0.6) is 0 Å². The topological polar surface area (TPSA) is 9.23 Å². The fourth-order valence-corrected chi connectivity index (χ4v) is 8.35. The molecule has 0 aromatic carbocycles. The molecule has 0 N–H and O–H groups in total. The lowest BCUT2D eigenvalue weighted by molar-refractivity contribution is -0.396. The molecule has 5 saturated carbocycles. The van der Waals surface area contributed by atoms with Crippen molar-refractivity contribution < 1.29 is 31.1 Å². The fourth-order valence-electron chi connectivity index (χ4n) is 8.35.